The highest BCUT2D eigenvalue weighted by Crippen LogP contribution is 2.36. The lowest BCUT2D eigenvalue weighted by Crippen LogP contribution is -2.40. The summed E-state index contributed by atoms with van der Waals surface area (Å²) in [4.78, 5) is 48.1. The molecule has 0 bridgehead atoms. The van der Waals surface area contributed by atoms with E-state index < -0.39 is 53.8 Å². The van der Waals surface area contributed by atoms with Gasteiger partial charge in [0.1, 0.15) is 6.04 Å². The standard InChI is InChI=1S/C26H39NO9/c1-7-8-9-12-33-26(32)34-14-17(6)21(22(27)23(28)29)18-10-11-19(35-24(30)15(2)3)20(13-18)36-25(31)16(4)5/h10-11,13,15-17,21-22H,7-9,12,14,27H2,1-6H3,(H,28,29)/t17?,21?,22-/m0/s1. The number of unbranched alkanes of at least 4 members (excludes halogenated alkanes) is 2. The fourth-order valence-corrected chi connectivity index (χ4v) is 3.24. The Morgan fingerprint density at radius 3 is 2.00 bits per heavy atom. The van der Waals surface area contributed by atoms with Crippen molar-refractivity contribution in [2.75, 3.05) is 13.2 Å². The highest BCUT2D eigenvalue weighted by atomic mass is 16.7. The summed E-state index contributed by atoms with van der Waals surface area (Å²) in [5.74, 6) is -4.62. The first-order valence-electron chi connectivity index (χ1n) is 12.2. The topological polar surface area (TPSA) is 151 Å². The third-order valence-corrected chi connectivity index (χ3v) is 5.43. The number of nitrogens with two attached hydrogens (primary N) is 1. The zero-order valence-electron chi connectivity index (χ0n) is 21.9. The summed E-state index contributed by atoms with van der Waals surface area (Å²) in [7, 11) is 0. The van der Waals surface area contributed by atoms with E-state index >= 15 is 0 Å². The first kappa shape index (κ1) is 30.9. The van der Waals surface area contributed by atoms with Crippen LogP contribution in [0.3, 0.4) is 0 Å². The zero-order chi connectivity index (χ0) is 27.4. The predicted octanol–water partition coefficient (Wildman–Crippen LogP) is 4.28. The molecule has 36 heavy (non-hydrogen) atoms. The SMILES string of the molecule is CCCCCOC(=O)OCC(C)C(c1ccc(OC(=O)C(C)C)c(OC(=O)C(C)C)c1)[C@H](N)C(=O)O. The Hall–Kier alpha value is -3.14. The number of hydrogen-bond donors (Lipinski definition) is 2. The van der Waals surface area contributed by atoms with Crippen LogP contribution in [-0.4, -0.2) is 48.4 Å². The van der Waals surface area contributed by atoms with Crippen molar-refractivity contribution in [1.82, 2.24) is 0 Å². The Kier molecular flexibility index (Phi) is 12.9. The van der Waals surface area contributed by atoms with E-state index in [2.05, 4.69) is 0 Å². The molecular weight excluding hydrogens is 470 g/mol. The lowest BCUT2D eigenvalue weighted by Gasteiger charge is -2.28. The molecule has 0 saturated heterocycles. The van der Waals surface area contributed by atoms with Gasteiger partial charge in [0.05, 0.1) is 25.0 Å². The molecule has 0 aliphatic heterocycles. The number of aliphatic carboxylic acids is 1. The molecule has 0 aromatic heterocycles. The second-order valence-electron chi connectivity index (χ2n) is 9.34. The van der Waals surface area contributed by atoms with Gasteiger partial charge in [-0.15, -0.1) is 0 Å². The number of rotatable bonds is 14. The number of carbonyl (C=O) groups is 4. The summed E-state index contributed by atoms with van der Waals surface area (Å²) in [5, 5.41) is 9.62. The van der Waals surface area contributed by atoms with Crippen LogP contribution in [0.5, 0.6) is 11.5 Å². The number of carbonyl (C=O) groups excluding carboxylic acids is 3. The molecule has 0 spiro atoms. The summed E-state index contributed by atoms with van der Waals surface area (Å²) in [6.45, 7) is 10.4. The molecule has 1 rings (SSSR count). The maximum Gasteiger partial charge on any atom is 0.508 e. The summed E-state index contributed by atoms with van der Waals surface area (Å²) in [5.41, 5.74) is 6.42. The van der Waals surface area contributed by atoms with Gasteiger partial charge in [0, 0.05) is 5.92 Å². The van der Waals surface area contributed by atoms with Crippen LogP contribution in [0.15, 0.2) is 18.2 Å². The van der Waals surface area contributed by atoms with Crippen LogP contribution >= 0.6 is 0 Å². The van der Waals surface area contributed by atoms with Crippen LogP contribution in [0.2, 0.25) is 0 Å². The molecule has 1 aromatic carbocycles. The van der Waals surface area contributed by atoms with Gasteiger partial charge in [0.15, 0.2) is 11.5 Å². The number of carboxylic acid groups (broad SMARTS) is 1. The number of hydrogen-bond acceptors (Lipinski definition) is 9. The second-order valence-corrected chi connectivity index (χ2v) is 9.34. The molecule has 0 heterocycles. The van der Waals surface area contributed by atoms with Gasteiger partial charge in [0.2, 0.25) is 0 Å². The van der Waals surface area contributed by atoms with E-state index in [1.165, 1.54) is 12.1 Å². The van der Waals surface area contributed by atoms with Gasteiger partial charge in [0.25, 0.3) is 0 Å². The van der Waals surface area contributed by atoms with Crippen molar-refractivity contribution in [3.8, 4) is 11.5 Å². The van der Waals surface area contributed by atoms with Gasteiger partial charge in [-0.05, 0) is 30.0 Å². The van der Waals surface area contributed by atoms with Crippen molar-refractivity contribution < 1.29 is 43.2 Å². The monoisotopic (exact) mass is 509 g/mol. The molecule has 10 nitrogen and oxygen atoms in total. The minimum Gasteiger partial charge on any atom is -0.480 e. The molecule has 0 amide bonds. The molecule has 3 atom stereocenters. The van der Waals surface area contributed by atoms with Crippen molar-refractivity contribution in [3.63, 3.8) is 0 Å². The predicted molar refractivity (Wildman–Crippen MR) is 132 cm³/mol. The molecule has 1 aromatic rings. The summed E-state index contributed by atoms with van der Waals surface area (Å²) in [6, 6.07) is 3.04. The van der Waals surface area contributed by atoms with Crippen molar-refractivity contribution in [3.05, 3.63) is 23.8 Å². The van der Waals surface area contributed by atoms with Gasteiger partial charge in [-0.1, -0.05) is 60.5 Å². The minimum absolute atomic E-state index is 0.0219. The van der Waals surface area contributed by atoms with E-state index in [1.807, 2.05) is 6.92 Å². The van der Waals surface area contributed by atoms with Crippen molar-refractivity contribution in [1.29, 1.82) is 0 Å². The minimum atomic E-state index is -1.36. The largest absolute Gasteiger partial charge is 0.508 e. The van der Waals surface area contributed by atoms with Crippen molar-refractivity contribution in [2.45, 2.75) is 72.8 Å². The van der Waals surface area contributed by atoms with E-state index in [0.717, 1.165) is 19.3 Å². The molecule has 0 fully saturated rings. The average molecular weight is 510 g/mol. The van der Waals surface area contributed by atoms with E-state index in [9.17, 15) is 24.3 Å². The van der Waals surface area contributed by atoms with Crippen LogP contribution in [0.1, 0.15) is 72.3 Å². The maximum absolute atomic E-state index is 12.3. The van der Waals surface area contributed by atoms with Crippen LogP contribution in [-0.2, 0) is 23.9 Å². The van der Waals surface area contributed by atoms with Crippen LogP contribution in [0, 0.1) is 17.8 Å². The van der Waals surface area contributed by atoms with Gasteiger partial charge in [-0.3, -0.25) is 14.4 Å². The van der Waals surface area contributed by atoms with Gasteiger partial charge in [-0.2, -0.15) is 0 Å². The van der Waals surface area contributed by atoms with Gasteiger partial charge >= 0.3 is 24.1 Å². The Morgan fingerprint density at radius 2 is 1.47 bits per heavy atom. The van der Waals surface area contributed by atoms with Gasteiger partial charge in [-0.25, -0.2) is 4.79 Å². The van der Waals surface area contributed by atoms with E-state index in [-0.39, 0.29) is 24.7 Å². The van der Waals surface area contributed by atoms with Crippen molar-refractivity contribution >= 4 is 24.1 Å². The van der Waals surface area contributed by atoms with Crippen molar-refractivity contribution in [2.24, 2.45) is 23.5 Å². The summed E-state index contributed by atoms with van der Waals surface area (Å²) in [6.07, 6.45) is 1.78. The summed E-state index contributed by atoms with van der Waals surface area (Å²) >= 11 is 0. The third kappa shape index (κ3) is 9.85. The Balaban J connectivity index is 3.22. The first-order chi connectivity index (χ1) is 16.9. The molecule has 0 saturated carbocycles. The quantitative estimate of drug-likeness (QED) is 0.211. The van der Waals surface area contributed by atoms with E-state index in [4.69, 9.17) is 24.7 Å². The molecule has 3 N–H and O–H groups in total. The summed E-state index contributed by atoms with van der Waals surface area (Å²) < 4.78 is 21.0. The molecule has 0 aliphatic carbocycles. The Morgan fingerprint density at radius 1 is 0.889 bits per heavy atom. The highest BCUT2D eigenvalue weighted by molar-refractivity contribution is 5.78. The molecule has 202 valence electrons. The Labute approximate surface area is 212 Å². The van der Waals surface area contributed by atoms with Crippen LogP contribution in [0.4, 0.5) is 4.79 Å². The number of ether oxygens (including phenoxy) is 4. The lowest BCUT2D eigenvalue weighted by molar-refractivity contribution is -0.140. The Bertz CT molecular complexity index is 897. The zero-order valence-corrected chi connectivity index (χ0v) is 21.9. The van der Waals surface area contributed by atoms with Gasteiger partial charge < -0.3 is 29.8 Å². The number of benzene rings is 1. The number of carboxylic acids is 1. The fraction of sp³-hybridized carbons (Fsp3) is 0.615. The maximum atomic E-state index is 12.3. The fourth-order valence-electron chi connectivity index (χ4n) is 3.24. The molecule has 10 heteroatoms. The third-order valence-electron chi connectivity index (χ3n) is 5.43. The average Bonchev–Trinajstić information content (AvgIpc) is 2.81. The second kappa shape index (κ2) is 15.1. The normalized spacial score (nSPS) is 13.6. The molecule has 2 unspecified atom stereocenters. The van der Waals surface area contributed by atoms with E-state index in [0.29, 0.717) is 5.56 Å². The smallest absolute Gasteiger partial charge is 0.480 e. The first-order valence-corrected chi connectivity index (χ1v) is 12.2. The van der Waals surface area contributed by atoms with Crippen LogP contribution in [0.25, 0.3) is 0 Å². The highest BCUT2D eigenvalue weighted by Gasteiger charge is 2.33. The van der Waals surface area contributed by atoms with E-state index in [1.54, 1.807) is 40.7 Å². The number of esters is 2. The van der Waals surface area contributed by atoms with Crippen LogP contribution < -0.4 is 15.2 Å². The molecule has 0 radical (unpaired) electrons. The molecular formula is C26H39NO9. The molecule has 0 aliphatic rings. The lowest BCUT2D eigenvalue weighted by atomic mass is 9.82.